The molecule has 5 N–H and O–H groups in total. The summed E-state index contributed by atoms with van der Waals surface area (Å²) < 4.78 is 0. The zero-order chi connectivity index (χ0) is 11.7. The van der Waals surface area contributed by atoms with Crippen molar-refractivity contribution in [2.24, 2.45) is 5.92 Å². The number of carbonyl (C=O) groups is 1. The molecule has 5 heteroatoms. The molecule has 3 atom stereocenters. The topological polar surface area (TPSA) is 87.4 Å². The first-order valence-corrected chi connectivity index (χ1v) is 5.19. The molecule has 1 aliphatic rings. The Balaban J connectivity index is 2.34. The molecule has 1 aromatic carbocycles. The predicted octanol–water partition coefficient (Wildman–Crippen LogP) is 0.507. The molecule has 0 saturated carbocycles. The number of hydrogen-bond acceptors (Lipinski definition) is 4. The summed E-state index contributed by atoms with van der Waals surface area (Å²) in [6, 6.07) is 6.91. The lowest BCUT2D eigenvalue weighted by Gasteiger charge is -2.18. The second-order valence-electron chi connectivity index (χ2n) is 4.05. The number of para-hydroxylation sites is 1. The summed E-state index contributed by atoms with van der Waals surface area (Å²) in [5.74, 6) is -1.33. The average Bonchev–Trinajstić information content (AvgIpc) is 2.61. The van der Waals surface area contributed by atoms with Gasteiger partial charge in [0.05, 0.1) is 12.0 Å². The maximum atomic E-state index is 11.2. The third kappa shape index (κ3) is 1.75. The number of aliphatic carboxylic acids is 1. The number of nitrogen functional groups attached to an aromatic ring is 1. The first kappa shape index (κ1) is 10.9. The van der Waals surface area contributed by atoms with Crippen molar-refractivity contribution in [2.45, 2.75) is 19.0 Å². The van der Waals surface area contributed by atoms with Gasteiger partial charge in [0.25, 0.3) is 0 Å². The quantitative estimate of drug-likeness (QED) is 0.546. The van der Waals surface area contributed by atoms with Crippen LogP contribution >= 0.6 is 0 Å². The van der Waals surface area contributed by atoms with Crippen molar-refractivity contribution in [3.63, 3.8) is 0 Å². The summed E-state index contributed by atoms with van der Waals surface area (Å²) >= 11 is 0. The Labute approximate surface area is 93.6 Å². The van der Waals surface area contributed by atoms with Crippen LogP contribution in [0.2, 0.25) is 0 Å². The molecule has 1 aromatic rings. The molecule has 0 amide bonds. The lowest BCUT2D eigenvalue weighted by Crippen LogP contribution is -2.30. The van der Waals surface area contributed by atoms with Crippen LogP contribution in [-0.2, 0) is 4.79 Å². The average molecular weight is 221 g/mol. The van der Waals surface area contributed by atoms with Crippen molar-refractivity contribution in [1.29, 1.82) is 0 Å². The number of carboxylic acid groups (broad SMARTS) is 1. The van der Waals surface area contributed by atoms with Gasteiger partial charge in [-0.3, -0.25) is 10.2 Å². The summed E-state index contributed by atoms with van der Waals surface area (Å²) in [7, 11) is 0. The molecule has 0 aliphatic carbocycles. The van der Waals surface area contributed by atoms with E-state index in [2.05, 4.69) is 10.9 Å². The van der Waals surface area contributed by atoms with Gasteiger partial charge in [0.15, 0.2) is 0 Å². The van der Waals surface area contributed by atoms with Crippen LogP contribution in [0.25, 0.3) is 0 Å². The fourth-order valence-electron chi connectivity index (χ4n) is 2.11. The number of rotatable bonds is 2. The minimum absolute atomic E-state index is 0.123. The van der Waals surface area contributed by atoms with Crippen molar-refractivity contribution in [2.75, 3.05) is 5.73 Å². The molecule has 5 nitrogen and oxygen atoms in total. The van der Waals surface area contributed by atoms with Crippen LogP contribution in [0.1, 0.15) is 18.5 Å². The van der Waals surface area contributed by atoms with E-state index >= 15 is 0 Å². The molecule has 1 fully saturated rings. The molecule has 0 aromatic heterocycles. The summed E-state index contributed by atoms with van der Waals surface area (Å²) in [4.78, 5) is 11.2. The highest BCUT2D eigenvalue weighted by molar-refractivity contribution is 5.73. The summed E-state index contributed by atoms with van der Waals surface area (Å²) in [5, 5.41) is 9.19. The first-order chi connectivity index (χ1) is 7.61. The van der Waals surface area contributed by atoms with Crippen molar-refractivity contribution >= 4 is 11.7 Å². The fraction of sp³-hybridized carbons (Fsp3) is 0.364. The maximum absolute atomic E-state index is 11.2. The molecule has 2 rings (SSSR count). The summed E-state index contributed by atoms with van der Waals surface area (Å²) in [5.41, 5.74) is 13.2. The smallest absolute Gasteiger partial charge is 0.310 e. The largest absolute Gasteiger partial charge is 0.481 e. The number of benzene rings is 1. The number of nitrogens with one attached hydrogen (secondary N) is 2. The minimum Gasteiger partial charge on any atom is -0.481 e. The molecule has 0 radical (unpaired) electrons. The van der Waals surface area contributed by atoms with E-state index in [0.29, 0.717) is 5.69 Å². The molecular formula is C11H15N3O2. The van der Waals surface area contributed by atoms with Crippen LogP contribution in [0.4, 0.5) is 5.69 Å². The second-order valence-corrected chi connectivity index (χ2v) is 4.05. The van der Waals surface area contributed by atoms with Gasteiger partial charge in [-0.2, -0.15) is 0 Å². The van der Waals surface area contributed by atoms with Crippen molar-refractivity contribution < 1.29 is 9.90 Å². The van der Waals surface area contributed by atoms with Crippen LogP contribution in [-0.4, -0.2) is 17.1 Å². The second kappa shape index (κ2) is 4.11. The minimum atomic E-state index is -0.821. The van der Waals surface area contributed by atoms with E-state index in [4.69, 9.17) is 5.73 Å². The molecule has 3 unspecified atom stereocenters. The molecule has 16 heavy (non-hydrogen) atoms. The van der Waals surface area contributed by atoms with Gasteiger partial charge in [-0.15, -0.1) is 0 Å². The standard InChI is InChI=1S/C11H15N3O2/c1-6-9(11(15)16)10(14-13-6)7-4-2-3-5-8(7)12/h2-6,9-10,13-14H,12H2,1H3,(H,15,16). The Kier molecular flexibility index (Phi) is 2.80. The van der Waals surface area contributed by atoms with E-state index in [1.807, 2.05) is 25.1 Å². The molecule has 0 spiro atoms. The van der Waals surface area contributed by atoms with Gasteiger partial charge in [0, 0.05) is 11.7 Å². The van der Waals surface area contributed by atoms with Crippen molar-refractivity contribution in [3.05, 3.63) is 29.8 Å². The van der Waals surface area contributed by atoms with Crippen LogP contribution in [0.3, 0.4) is 0 Å². The molecular weight excluding hydrogens is 206 g/mol. The van der Waals surface area contributed by atoms with Gasteiger partial charge in [-0.1, -0.05) is 18.2 Å². The van der Waals surface area contributed by atoms with Gasteiger partial charge >= 0.3 is 5.97 Å². The molecule has 1 aliphatic heterocycles. The van der Waals surface area contributed by atoms with E-state index < -0.39 is 11.9 Å². The first-order valence-electron chi connectivity index (χ1n) is 5.19. The van der Waals surface area contributed by atoms with Gasteiger partial charge < -0.3 is 10.8 Å². The highest BCUT2D eigenvalue weighted by Crippen LogP contribution is 2.31. The zero-order valence-corrected chi connectivity index (χ0v) is 8.97. The van der Waals surface area contributed by atoms with Crippen LogP contribution in [0, 0.1) is 5.92 Å². The van der Waals surface area contributed by atoms with E-state index in [0.717, 1.165) is 5.56 Å². The normalized spacial score (nSPS) is 29.2. The molecule has 1 heterocycles. The van der Waals surface area contributed by atoms with Crippen LogP contribution in [0.15, 0.2) is 24.3 Å². The van der Waals surface area contributed by atoms with Gasteiger partial charge in [0.1, 0.15) is 0 Å². The predicted molar refractivity (Wildman–Crippen MR) is 60.5 cm³/mol. The molecule has 0 bridgehead atoms. The van der Waals surface area contributed by atoms with E-state index in [-0.39, 0.29) is 12.1 Å². The van der Waals surface area contributed by atoms with Crippen molar-refractivity contribution in [1.82, 2.24) is 10.9 Å². The Morgan fingerprint density at radius 2 is 2.06 bits per heavy atom. The Morgan fingerprint density at radius 1 is 1.38 bits per heavy atom. The van der Waals surface area contributed by atoms with E-state index in [1.165, 1.54) is 0 Å². The van der Waals surface area contributed by atoms with Crippen LogP contribution < -0.4 is 16.6 Å². The lowest BCUT2D eigenvalue weighted by molar-refractivity contribution is -0.142. The number of anilines is 1. The van der Waals surface area contributed by atoms with Crippen LogP contribution in [0.5, 0.6) is 0 Å². The SMILES string of the molecule is CC1NNC(c2ccccc2N)C1C(=O)O. The third-order valence-electron chi connectivity index (χ3n) is 2.98. The summed E-state index contributed by atoms with van der Waals surface area (Å²) in [6.07, 6.45) is 0. The summed E-state index contributed by atoms with van der Waals surface area (Å²) in [6.45, 7) is 1.84. The fourth-order valence-corrected chi connectivity index (χ4v) is 2.11. The number of hydrazine groups is 1. The Bertz CT molecular complexity index is 408. The van der Waals surface area contributed by atoms with Gasteiger partial charge in [0.2, 0.25) is 0 Å². The zero-order valence-electron chi connectivity index (χ0n) is 8.97. The highest BCUT2D eigenvalue weighted by Gasteiger charge is 2.39. The Hall–Kier alpha value is -1.59. The highest BCUT2D eigenvalue weighted by atomic mass is 16.4. The van der Waals surface area contributed by atoms with Gasteiger partial charge in [-0.25, -0.2) is 5.43 Å². The van der Waals surface area contributed by atoms with Gasteiger partial charge in [-0.05, 0) is 18.6 Å². The van der Waals surface area contributed by atoms with Crippen molar-refractivity contribution in [3.8, 4) is 0 Å². The number of hydrogen-bond donors (Lipinski definition) is 4. The van der Waals surface area contributed by atoms with E-state index in [9.17, 15) is 9.90 Å². The molecule has 86 valence electrons. The third-order valence-corrected chi connectivity index (χ3v) is 2.98. The number of carboxylic acids is 1. The van der Waals surface area contributed by atoms with E-state index in [1.54, 1.807) is 6.07 Å². The molecule has 1 saturated heterocycles. The maximum Gasteiger partial charge on any atom is 0.310 e. The number of nitrogens with two attached hydrogens (primary N) is 1. The Morgan fingerprint density at radius 3 is 2.69 bits per heavy atom. The lowest BCUT2D eigenvalue weighted by atomic mass is 9.89. The monoisotopic (exact) mass is 221 g/mol.